The third-order valence-electron chi connectivity index (χ3n) is 4.32. The molecule has 8 heteroatoms. The molecule has 3 aromatic rings. The first-order valence-electron chi connectivity index (χ1n) is 7.71. The Hall–Kier alpha value is -2.38. The molecule has 0 spiro atoms. The summed E-state index contributed by atoms with van der Waals surface area (Å²) in [4.78, 5) is 0.231. The van der Waals surface area contributed by atoms with Crippen molar-refractivity contribution in [3.05, 3.63) is 59.2 Å². The van der Waals surface area contributed by atoms with E-state index in [-0.39, 0.29) is 4.90 Å². The van der Waals surface area contributed by atoms with Crippen LogP contribution in [-0.2, 0) is 10.0 Å². The van der Waals surface area contributed by atoms with Crippen molar-refractivity contribution < 1.29 is 8.42 Å². The standard InChI is InChI=1S/C17H15ClN4O2S/c1-11-3-6-14(7-4-11)25(23,24)22-12(2)21-17(10-19-20-21)15-9-13(18)5-8-16(15)22/h3-10,12H,1-2H3. The number of anilines is 1. The molecule has 1 unspecified atom stereocenters. The maximum Gasteiger partial charge on any atom is 0.266 e. The first-order valence-corrected chi connectivity index (χ1v) is 9.52. The summed E-state index contributed by atoms with van der Waals surface area (Å²) < 4.78 is 29.6. The fourth-order valence-electron chi connectivity index (χ4n) is 3.07. The molecule has 1 aliphatic rings. The molecule has 0 amide bonds. The topological polar surface area (TPSA) is 68.1 Å². The van der Waals surface area contributed by atoms with Gasteiger partial charge in [0.05, 0.1) is 22.5 Å². The van der Waals surface area contributed by atoms with E-state index in [9.17, 15) is 8.42 Å². The number of hydrogen-bond donors (Lipinski definition) is 0. The summed E-state index contributed by atoms with van der Waals surface area (Å²) in [7, 11) is -3.77. The monoisotopic (exact) mass is 374 g/mol. The summed E-state index contributed by atoms with van der Waals surface area (Å²) in [5, 5.41) is 8.51. The molecule has 128 valence electrons. The van der Waals surface area contributed by atoms with Crippen LogP contribution >= 0.6 is 11.6 Å². The zero-order valence-electron chi connectivity index (χ0n) is 13.6. The number of hydrogen-bond acceptors (Lipinski definition) is 4. The van der Waals surface area contributed by atoms with Gasteiger partial charge in [-0.1, -0.05) is 34.5 Å². The van der Waals surface area contributed by atoms with Crippen molar-refractivity contribution in [2.24, 2.45) is 0 Å². The molecule has 0 saturated heterocycles. The van der Waals surface area contributed by atoms with E-state index in [1.807, 2.05) is 6.92 Å². The van der Waals surface area contributed by atoms with Gasteiger partial charge < -0.3 is 0 Å². The number of benzene rings is 2. The number of aromatic nitrogens is 3. The molecule has 25 heavy (non-hydrogen) atoms. The van der Waals surface area contributed by atoms with Gasteiger partial charge in [0.15, 0.2) is 0 Å². The normalized spacial score (nSPS) is 16.4. The first-order chi connectivity index (χ1) is 11.9. The lowest BCUT2D eigenvalue weighted by Crippen LogP contribution is -2.39. The predicted octanol–water partition coefficient (Wildman–Crippen LogP) is 3.63. The summed E-state index contributed by atoms with van der Waals surface area (Å²) in [5.41, 5.74) is 2.98. The van der Waals surface area contributed by atoms with E-state index in [4.69, 9.17) is 11.6 Å². The van der Waals surface area contributed by atoms with Crippen molar-refractivity contribution in [1.29, 1.82) is 0 Å². The maximum absolute atomic E-state index is 13.3. The van der Waals surface area contributed by atoms with Crippen LogP contribution in [0.2, 0.25) is 5.02 Å². The van der Waals surface area contributed by atoms with Gasteiger partial charge in [-0.3, -0.25) is 0 Å². The summed E-state index contributed by atoms with van der Waals surface area (Å²) in [6, 6.07) is 11.9. The van der Waals surface area contributed by atoms with Crippen LogP contribution in [0.4, 0.5) is 5.69 Å². The minimum atomic E-state index is -3.77. The Balaban J connectivity index is 1.95. The minimum absolute atomic E-state index is 0.231. The molecule has 0 fully saturated rings. The molecule has 1 atom stereocenters. The minimum Gasteiger partial charge on any atom is -0.242 e. The van der Waals surface area contributed by atoms with Crippen molar-refractivity contribution in [3.8, 4) is 11.3 Å². The molecule has 1 aromatic heterocycles. The molecular formula is C17H15ClN4O2S. The average molecular weight is 375 g/mol. The van der Waals surface area contributed by atoms with Crippen molar-refractivity contribution in [3.63, 3.8) is 0 Å². The summed E-state index contributed by atoms with van der Waals surface area (Å²) in [6.07, 6.45) is 1.07. The molecule has 0 bridgehead atoms. The van der Waals surface area contributed by atoms with Gasteiger partial charge in [0.1, 0.15) is 6.17 Å². The van der Waals surface area contributed by atoms with Crippen LogP contribution in [0.5, 0.6) is 0 Å². The Morgan fingerprint density at radius 1 is 1.12 bits per heavy atom. The van der Waals surface area contributed by atoms with Crippen molar-refractivity contribution >= 4 is 27.3 Å². The Kier molecular flexibility index (Phi) is 3.59. The van der Waals surface area contributed by atoms with Gasteiger partial charge in [-0.25, -0.2) is 17.4 Å². The molecule has 0 aliphatic carbocycles. The van der Waals surface area contributed by atoms with E-state index >= 15 is 0 Å². The molecule has 1 aliphatic heterocycles. The first kappa shape index (κ1) is 16.1. The summed E-state index contributed by atoms with van der Waals surface area (Å²) in [6.45, 7) is 3.69. The van der Waals surface area contributed by atoms with Gasteiger partial charge >= 0.3 is 0 Å². The van der Waals surface area contributed by atoms with Crippen LogP contribution in [0.1, 0.15) is 18.7 Å². The van der Waals surface area contributed by atoms with Crippen LogP contribution in [0.25, 0.3) is 11.3 Å². The third kappa shape index (κ3) is 2.42. The van der Waals surface area contributed by atoms with Gasteiger partial charge in [-0.05, 0) is 44.2 Å². The molecule has 4 rings (SSSR count). The molecule has 6 nitrogen and oxygen atoms in total. The second-order valence-electron chi connectivity index (χ2n) is 5.97. The molecule has 2 heterocycles. The van der Waals surface area contributed by atoms with E-state index < -0.39 is 16.2 Å². The molecule has 0 N–H and O–H groups in total. The lowest BCUT2D eigenvalue weighted by molar-refractivity contribution is 0.479. The van der Waals surface area contributed by atoms with Gasteiger partial charge in [0.25, 0.3) is 10.0 Å². The smallest absolute Gasteiger partial charge is 0.242 e. The van der Waals surface area contributed by atoms with Crippen molar-refractivity contribution in [2.75, 3.05) is 4.31 Å². The van der Waals surface area contributed by atoms with Crippen LogP contribution in [0, 0.1) is 6.92 Å². The highest BCUT2D eigenvalue weighted by Crippen LogP contribution is 2.43. The zero-order chi connectivity index (χ0) is 17.8. The number of aryl methyl sites for hydroxylation is 1. The fraction of sp³-hybridized carbons (Fsp3) is 0.176. The zero-order valence-corrected chi connectivity index (χ0v) is 15.2. The Morgan fingerprint density at radius 2 is 1.84 bits per heavy atom. The predicted molar refractivity (Wildman–Crippen MR) is 96.0 cm³/mol. The lowest BCUT2D eigenvalue weighted by atomic mass is 10.1. The Morgan fingerprint density at radius 3 is 2.56 bits per heavy atom. The summed E-state index contributed by atoms with van der Waals surface area (Å²) in [5.74, 6) is 0. The lowest BCUT2D eigenvalue weighted by Gasteiger charge is -2.36. The number of nitrogens with zero attached hydrogens (tertiary/aromatic N) is 4. The van der Waals surface area contributed by atoms with Crippen molar-refractivity contribution in [1.82, 2.24) is 15.0 Å². The highest BCUT2D eigenvalue weighted by Gasteiger charge is 2.37. The van der Waals surface area contributed by atoms with E-state index in [0.29, 0.717) is 16.3 Å². The van der Waals surface area contributed by atoms with Crippen molar-refractivity contribution in [2.45, 2.75) is 24.9 Å². The van der Waals surface area contributed by atoms with E-state index in [1.165, 1.54) is 4.31 Å². The second kappa shape index (κ2) is 5.57. The Labute approximate surface area is 150 Å². The van der Waals surface area contributed by atoms with E-state index in [2.05, 4.69) is 10.3 Å². The van der Waals surface area contributed by atoms with Crippen LogP contribution in [0.3, 0.4) is 0 Å². The number of sulfonamides is 1. The SMILES string of the molecule is Cc1ccc(S(=O)(=O)N2c3ccc(Cl)cc3-c3cnnn3C2C)cc1. The number of halogens is 1. The van der Waals surface area contributed by atoms with Crippen LogP contribution in [-0.4, -0.2) is 23.4 Å². The van der Waals surface area contributed by atoms with Crippen LogP contribution < -0.4 is 4.31 Å². The largest absolute Gasteiger partial charge is 0.266 e. The second-order valence-corrected chi connectivity index (χ2v) is 8.22. The Bertz CT molecular complexity index is 1060. The quantitative estimate of drug-likeness (QED) is 0.686. The molecule has 2 aromatic carbocycles. The van der Waals surface area contributed by atoms with Crippen LogP contribution in [0.15, 0.2) is 53.6 Å². The average Bonchev–Trinajstić information content (AvgIpc) is 3.06. The van der Waals surface area contributed by atoms with Gasteiger partial charge in [0, 0.05) is 10.6 Å². The van der Waals surface area contributed by atoms with E-state index in [0.717, 1.165) is 11.3 Å². The highest BCUT2D eigenvalue weighted by atomic mass is 35.5. The summed E-state index contributed by atoms with van der Waals surface area (Å²) >= 11 is 6.12. The van der Waals surface area contributed by atoms with Gasteiger partial charge in [-0.15, -0.1) is 5.10 Å². The molecular weight excluding hydrogens is 360 g/mol. The van der Waals surface area contributed by atoms with Gasteiger partial charge in [-0.2, -0.15) is 0 Å². The maximum atomic E-state index is 13.3. The number of fused-ring (bicyclic) bond motifs is 3. The van der Waals surface area contributed by atoms with E-state index in [1.54, 1.807) is 60.3 Å². The molecule has 0 saturated carbocycles. The third-order valence-corrected chi connectivity index (χ3v) is 6.44. The molecule has 0 radical (unpaired) electrons. The number of rotatable bonds is 2. The fourth-order valence-corrected chi connectivity index (χ4v) is 4.86. The highest BCUT2D eigenvalue weighted by molar-refractivity contribution is 7.92. The van der Waals surface area contributed by atoms with Gasteiger partial charge in [0.2, 0.25) is 0 Å².